The Labute approximate surface area is 178 Å². The first-order valence-electron chi connectivity index (χ1n) is 9.96. The first-order chi connectivity index (χ1) is 14.2. The van der Waals surface area contributed by atoms with Crippen molar-refractivity contribution < 1.29 is 22.7 Å². The van der Waals surface area contributed by atoms with Crippen LogP contribution in [0.4, 0.5) is 13.2 Å². The van der Waals surface area contributed by atoms with Crippen LogP contribution in [0.1, 0.15) is 25.1 Å². The molecule has 0 unspecified atom stereocenters. The summed E-state index contributed by atoms with van der Waals surface area (Å²) >= 11 is 1.25. The van der Waals surface area contributed by atoms with E-state index in [-0.39, 0.29) is 18.4 Å². The SMILES string of the molecule is CC(C)OCCN1CCN(C(=O)Cc2csc(-c3cccc(C(F)(F)F)c3)n2)CC1. The number of halogens is 3. The Kier molecular flexibility index (Phi) is 7.49. The first kappa shape index (κ1) is 22.7. The molecule has 1 saturated heterocycles. The highest BCUT2D eigenvalue weighted by atomic mass is 32.1. The number of rotatable bonds is 7. The highest BCUT2D eigenvalue weighted by Crippen LogP contribution is 2.33. The van der Waals surface area contributed by atoms with Crippen molar-refractivity contribution in [2.75, 3.05) is 39.3 Å². The summed E-state index contributed by atoms with van der Waals surface area (Å²) in [7, 11) is 0. The topological polar surface area (TPSA) is 45.7 Å². The molecule has 0 radical (unpaired) electrons. The molecule has 1 aromatic heterocycles. The predicted molar refractivity (Wildman–Crippen MR) is 110 cm³/mol. The second kappa shape index (κ2) is 9.89. The molecule has 0 spiro atoms. The van der Waals surface area contributed by atoms with Crippen molar-refractivity contribution in [3.63, 3.8) is 0 Å². The summed E-state index contributed by atoms with van der Waals surface area (Å²) in [4.78, 5) is 21.1. The molecule has 5 nitrogen and oxygen atoms in total. The number of thiazole rings is 1. The van der Waals surface area contributed by atoms with Gasteiger partial charge in [0.05, 0.1) is 30.4 Å². The summed E-state index contributed by atoms with van der Waals surface area (Å²) in [5.41, 5.74) is 0.292. The van der Waals surface area contributed by atoms with Gasteiger partial charge in [0.15, 0.2) is 0 Å². The summed E-state index contributed by atoms with van der Waals surface area (Å²) in [5, 5.41) is 2.23. The maximum Gasteiger partial charge on any atom is 0.416 e. The smallest absolute Gasteiger partial charge is 0.377 e. The molecule has 0 saturated carbocycles. The fourth-order valence-electron chi connectivity index (χ4n) is 3.25. The molecule has 0 atom stereocenters. The number of ether oxygens (including phenoxy) is 1. The predicted octanol–water partition coefficient (Wildman–Crippen LogP) is 3.94. The summed E-state index contributed by atoms with van der Waals surface area (Å²) in [6.45, 7) is 8.48. The Morgan fingerprint density at radius 2 is 1.97 bits per heavy atom. The largest absolute Gasteiger partial charge is 0.416 e. The number of hydrogen-bond donors (Lipinski definition) is 0. The lowest BCUT2D eigenvalue weighted by Gasteiger charge is -2.34. The molecule has 9 heteroatoms. The van der Waals surface area contributed by atoms with Crippen LogP contribution in [0.15, 0.2) is 29.6 Å². The van der Waals surface area contributed by atoms with E-state index in [1.54, 1.807) is 11.4 Å². The average molecular weight is 442 g/mol. The van der Waals surface area contributed by atoms with E-state index in [0.717, 1.165) is 31.8 Å². The molecule has 3 rings (SSSR count). The Bertz CT molecular complexity index is 846. The summed E-state index contributed by atoms with van der Waals surface area (Å²) in [6, 6.07) is 5.10. The van der Waals surface area contributed by atoms with E-state index in [0.29, 0.717) is 36.0 Å². The van der Waals surface area contributed by atoms with E-state index in [1.165, 1.54) is 17.4 Å². The Morgan fingerprint density at radius 3 is 2.63 bits per heavy atom. The summed E-state index contributed by atoms with van der Waals surface area (Å²) in [5.74, 6) is -0.00558. The fourth-order valence-corrected chi connectivity index (χ4v) is 4.07. The Balaban J connectivity index is 1.52. The Morgan fingerprint density at radius 1 is 1.23 bits per heavy atom. The molecule has 1 fully saturated rings. The maximum absolute atomic E-state index is 12.9. The zero-order valence-electron chi connectivity index (χ0n) is 17.1. The standard InChI is InChI=1S/C21H26F3N3O2S/c1-15(2)29-11-10-26-6-8-27(9-7-26)19(28)13-18-14-30-20(25-18)16-4-3-5-17(12-16)21(22,23)24/h3-5,12,14-15H,6-11,13H2,1-2H3. The number of benzene rings is 1. The minimum Gasteiger partial charge on any atom is -0.377 e. The van der Waals surface area contributed by atoms with Crippen LogP contribution in [0.3, 0.4) is 0 Å². The lowest BCUT2D eigenvalue weighted by Crippen LogP contribution is -2.49. The minimum atomic E-state index is -4.39. The number of carbonyl (C=O) groups is 1. The van der Waals surface area contributed by atoms with Crippen molar-refractivity contribution in [3.05, 3.63) is 40.9 Å². The molecule has 0 bridgehead atoms. The van der Waals surface area contributed by atoms with Crippen LogP contribution in [0.2, 0.25) is 0 Å². The zero-order valence-corrected chi connectivity index (χ0v) is 17.9. The van der Waals surface area contributed by atoms with E-state index in [1.807, 2.05) is 18.7 Å². The number of aromatic nitrogens is 1. The van der Waals surface area contributed by atoms with Gasteiger partial charge in [0.1, 0.15) is 5.01 Å². The molecule has 1 amide bonds. The number of amides is 1. The van der Waals surface area contributed by atoms with Crippen LogP contribution >= 0.6 is 11.3 Å². The van der Waals surface area contributed by atoms with Gasteiger partial charge >= 0.3 is 6.18 Å². The third-order valence-electron chi connectivity index (χ3n) is 4.90. The van der Waals surface area contributed by atoms with Crippen LogP contribution in [-0.2, 0) is 22.1 Å². The van der Waals surface area contributed by atoms with Gasteiger partial charge in [-0.1, -0.05) is 12.1 Å². The van der Waals surface area contributed by atoms with E-state index < -0.39 is 11.7 Å². The lowest BCUT2D eigenvalue weighted by molar-refractivity contribution is -0.137. The minimum absolute atomic E-state index is 0.00558. The van der Waals surface area contributed by atoms with Crippen LogP contribution in [0.25, 0.3) is 10.6 Å². The van der Waals surface area contributed by atoms with Crippen molar-refractivity contribution in [1.82, 2.24) is 14.8 Å². The highest BCUT2D eigenvalue weighted by molar-refractivity contribution is 7.13. The second-order valence-corrected chi connectivity index (χ2v) is 8.40. The van der Waals surface area contributed by atoms with Gasteiger partial charge in [-0.2, -0.15) is 13.2 Å². The van der Waals surface area contributed by atoms with Gasteiger partial charge in [0.2, 0.25) is 5.91 Å². The number of hydrogen-bond acceptors (Lipinski definition) is 5. The lowest BCUT2D eigenvalue weighted by atomic mass is 10.1. The molecule has 2 heterocycles. The van der Waals surface area contributed by atoms with Crippen LogP contribution < -0.4 is 0 Å². The quantitative estimate of drug-likeness (QED) is 0.653. The van der Waals surface area contributed by atoms with E-state index in [2.05, 4.69) is 9.88 Å². The fraction of sp³-hybridized carbons (Fsp3) is 0.524. The van der Waals surface area contributed by atoms with Crippen molar-refractivity contribution in [3.8, 4) is 10.6 Å². The monoisotopic (exact) mass is 441 g/mol. The van der Waals surface area contributed by atoms with Gasteiger partial charge in [0.25, 0.3) is 0 Å². The van der Waals surface area contributed by atoms with Crippen molar-refractivity contribution >= 4 is 17.2 Å². The molecule has 0 N–H and O–H groups in total. The molecule has 0 aliphatic carbocycles. The third-order valence-corrected chi connectivity index (χ3v) is 5.84. The molecule has 2 aromatic rings. The number of carbonyl (C=O) groups excluding carboxylic acids is 1. The number of nitrogens with zero attached hydrogens (tertiary/aromatic N) is 3. The molecule has 1 aliphatic rings. The van der Waals surface area contributed by atoms with Crippen LogP contribution in [0.5, 0.6) is 0 Å². The number of alkyl halides is 3. The molecule has 1 aliphatic heterocycles. The Hall–Kier alpha value is -1.97. The van der Waals surface area contributed by atoms with Crippen LogP contribution in [0, 0.1) is 0 Å². The van der Waals surface area contributed by atoms with Gasteiger partial charge in [-0.25, -0.2) is 4.98 Å². The molecule has 164 valence electrons. The molecule has 30 heavy (non-hydrogen) atoms. The first-order valence-corrected chi connectivity index (χ1v) is 10.8. The maximum atomic E-state index is 12.9. The normalized spacial score (nSPS) is 15.7. The van der Waals surface area contributed by atoms with Gasteiger partial charge < -0.3 is 9.64 Å². The average Bonchev–Trinajstić information content (AvgIpc) is 3.16. The van der Waals surface area contributed by atoms with Crippen molar-refractivity contribution in [1.29, 1.82) is 0 Å². The van der Waals surface area contributed by atoms with E-state index in [4.69, 9.17) is 4.74 Å². The van der Waals surface area contributed by atoms with Gasteiger partial charge in [-0.3, -0.25) is 9.69 Å². The molecular weight excluding hydrogens is 415 g/mol. The summed E-state index contributed by atoms with van der Waals surface area (Å²) < 4.78 is 44.3. The van der Waals surface area contributed by atoms with Gasteiger partial charge in [-0.05, 0) is 26.0 Å². The number of piperazine rings is 1. The van der Waals surface area contributed by atoms with Gasteiger partial charge in [0, 0.05) is 43.7 Å². The highest BCUT2D eigenvalue weighted by Gasteiger charge is 2.30. The van der Waals surface area contributed by atoms with E-state index in [9.17, 15) is 18.0 Å². The third kappa shape index (κ3) is 6.26. The van der Waals surface area contributed by atoms with Crippen molar-refractivity contribution in [2.45, 2.75) is 32.5 Å². The van der Waals surface area contributed by atoms with Gasteiger partial charge in [-0.15, -0.1) is 11.3 Å². The molecular formula is C21H26F3N3O2S. The summed E-state index contributed by atoms with van der Waals surface area (Å²) in [6.07, 6.45) is -4.02. The molecule has 1 aromatic carbocycles. The van der Waals surface area contributed by atoms with Crippen molar-refractivity contribution in [2.24, 2.45) is 0 Å². The zero-order chi connectivity index (χ0) is 21.7. The van der Waals surface area contributed by atoms with E-state index >= 15 is 0 Å². The van der Waals surface area contributed by atoms with Crippen LogP contribution in [-0.4, -0.2) is 66.1 Å². The second-order valence-electron chi connectivity index (χ2n) is 7.54.